The molecule has 1 heterocycles. The molecule has 0 saturated carbocycles. The van der Waals surface area contributed by atoms with Crippen molar-refractivity contribution in [2.24, 2.45) is 16.6 Å². The van der Waals surface area contributed by atoms with Crippen LogP contribution < -0.4 is 5.73 Å². The number of benzene rings is 2. The van der Waals surface area contributed by atoms with Crippen molar-refractivity contribution in [2.75, 3.05) is 7.05 Å². The van der Waals surface area contributed by atoms with E-state index in [1.165, 1.54) is 4.90 Å². The van der Waals surface area contributed by atoms with Gasteiger partial charge in [0.05, 0.1) is 0 Å². The summed E-state index contributed by atoms with van der Waals surface area (Å²) >= 11 is 0. The Morgan fingerprint density at radius 3 is 2.37 bits per heavy atom. The van der Waals surface area contributed by atoms with Crippen molar-refractivity contribution >= 4 is 17.6 Å². The quantitative estimate of drug-likeness (QED) is 0.857. The fourth-order valence-electron chi connectivity index (χ4n) is 3.52. The molecule has 1 atom stereocenters. The standard InChI is InChI=1S/C22H25N3O2/c1-15(2)12-19(26)14-16-8-7-11-18(13-16)22(17-9-5-4-6-10-17)20(27)25(3)21(23)24-22/h4-11,13,15H,12,14H2,1-3H3,(H2,23,24). The molecular weight excluding hydrogens is 338 g/mol. The van der Waals surface area contributed by atoms with E-state index in [-0.39, 0.29) is 17.6 Å². The molecular formula is C22H25N3O2. The first kappa shape index (κ1) is 18.8. The predicted octanol–water partition coefficient (Wildman–Crippen LogP) is 2.87. The van der Waals surface area contributed by atoms with E-state index in [1.54, 1.807) is 7.05 Å². The van der Waals surface area contributed by atoms with Crippen LogP contribution in [-0.2, 0) is 21.5 Å². The Morgan fingerprint density at radius 2 is 1.78 bits per heavy atom. The van der Waals surface area contributed by atoms with E-state index in [2.05, 4.69) is 4.99 Å². The zero-order chi connectivity index (χ0) is 19.6. The van der Waals surface area contributed by atoms with Gasteiger partial charge in [-0.05, 0) is 22.6 Å². The molecule has 5 heteroatoms. The number of ketones is 1. The first-order chi connectivity index (χ1) is 12.8. The summed E-state index contributed by atoms with van der Waals surface area (Å²) in [6.07, 6.45) is 0.890. The van der Waals surface area contributed by atoms with Gasteiger partial charge in [0, 0.05) is 19.9 Å². The Kier molecular flexibility index (Phi) is 5.13. The maximum atomic E-state index is 13.2. The van der Waals surface area contributed by atoms with Gasteiger partial charge in [-0.3, -0.25) is 14.5 Å². The fourth-order valence-corrected chi connectivity index (χ4v) is 3.52. The number of carbonyl (C=O) groups excluding carboxylic acids is 2. The van der Waals surface area contributed by atoms with Crippen molar-refractivity contribution in [1.29, 1.82) is 0 Å². The molecule has 1 unspecified atom stereocenters. The predicted molar refractivity (Wildman–Crippen MR) is 106 cm³/mol. The fraction of sp³-hybridized carbons (Fsp3) is 0.318. The molecule has 27 heavy (non-hydrogen) atoms. The third kappa shape index (κ3) is 3.50. The highest BCUT2D eigenvalue weighted by Crippen LogP contribution is 2.39. The zero-order valence-corrected chi connectivity index (χ0v) is 16.0. The van der Waals surface area contributed by atoms with Crippen LogP contribution in [0.25, 0.3) is 0 Å². The number of amides is 1. The van der Waals surface area contributed by atoms with Gasteiger partial charge in [-0.25, -0.2) is 4.99 Å². The molecule has 2 aromatic rings. The van der Waals surface area contributed by atoms with Gasteiger partial charge >= 0.3 is 0 Å². The summed E-state index contributed by atoms with van der Waals surface area (Å²) in [5.74, 6) is 0.501. The Bertz CT molecular complexity index is 889. The van der Waals surface area contributed by atoms with Crippen LogP contribution in [0.2, 0.25) is 0 Å². The number of hydrogen-bond donors (Lipinski definition) is 1. The van der Waals surface area contributed by atoms with Crippen LogP contribution >= 0.6 is 0 Å². The number of carbonyl (C=O) groups is 2. The molecule has 1 amide bonds. The van der Waals surface area contributed by atoms with Crippen LogP contribution in [-0.4, -0.2) is 29.6 Å². The monoisotopic (exact) mass is 363 g/mol. The third-order valence-corrected chi connectivity index (χ3v) is 4.81. The van der Waals surface area contributed by atoms with E-state index in [0.29, 0.717) is 18.8 Å². The molecule has 0 radical (unpaired) electrons. The Balaban J connectivity index is 2.06. The number of aliphatic imine (C=N–C) groups is 1. The van der Waals surface area contributed by atoms with Gasteiger partial charge in [0.25, 0.3) is 5.91 Å². The molecule has 0 spiro atoms. The lowest BCUT2D eigenvalue weighted by Crippen LogP contribution is -2.41. The summed E-state index contributed by atoms with van der Waals surface area (Å²) in [5, 5.41) is 0. The van der Waals surface area contributed by atoms with Gasteiger partial charge in [-0.2, -0.15) is 0 Å². The average molecular weight is 363 g/mol. The maximum Gasteiger partial charge on any atom is 0.266 e. The molecule has 2 aromatic carbocycles. The summed E-state index contributed by atoms with van der Waals surface area (Å²) in [7, 11) is 1.63. The van der Waals surface area contributed by atoms with Crippen LogP contribution in [0.4, 0.5) is 0 Å². The lowest BCUT2D eigenvalue weighted by Gasteiger charge is -2.26. The summed E-state index contributed by atoms with van der Waals surface area (Å²) in [5.41, 5.74) is 7.14. The van der Waals surface area contributed by atoms with E-state index in [1.807, 2.05) is 68.4 Å². The van der Waals surface area contributed by atoms with Crippen molar-refractivity contribution in [2.45, 2.75) is 32.2 Å². The normalized spacial score (nSPS) is 19.5. The number of hydrogen-bond acceptors (Lipinski definition) is 4. The largest absolute Gasteiger partial charge is 0.369 e. The van der Waals surface area contributed by atoms with Gasteiger partial charge in [-0.15, -0.1) is 0 Å². The number of guanidine groups is 1. The summed E-state index contributed by atoms with van der Waals surface area (Å²) in [4.78, 5) is 31.4. The molecule has 0 aliphatic carbocycles. The minimum absolute atomic E-state index is 0.185. The Morgan fingerprint density at radius 1 is 1.11 bits per heavy atom. The minimum Gasteiger partial charge on any atom is -0.369 e. The Labute approximate surface area is 159 Å². The summed E-state index contributed by atoms with van der Waals surface area (Å²) < 4.78 is 0. The summed E-state index contributed by atoms with van der Waals surface area (Å²) in [6.45, 7) is 4.06. The lowest BCUT2D eigenvalue weighted by molar-refractivity contribution is -0.129. The van der Waals surface area contributed by atoms with Gasteiger partial charge in [0.15, 0.2) is 11.5 Å². The second-order valence-corrected chi connectivity index (χ2v) is 7.42. The van der Waals surface area contributed by atoms with E-state index in [4.69, 9.17) is 5.73 Å². The Hall–Kier alpha value is -2.95. The topological polar surface area (TPSA) is 75.8 Å². The number of nitrogens with two attached hydrogens (primary N) is 1. The molecule has 0 bridgehead atoms. The number of nitrogens with zero attached hydrogens (tertiary/aromatic N) is 2. The molecule has 140 valence electrons. The van der Waals surface area contributed by atoms with Crippen LogP contribution in [0.1, 0.15) is 37.0 Å². The molecule has 0 fully saturated rings. The van der Waals surface area contributed by atoms with E-state index < -0.39 is 5.54 Å². The number of likely N-dealkylation sites (N-methyl/N-ethyl adjacent to an activating group) is 1. The van der Waals surface area contributed by atoms with Crippen molar-refractivity contribution in [3.8, 4) is 0 Å². The molecule has 1 aliphatic heterocycles. The van der Waals surface area contributed by atoms with Gasteiger partial charge in [-0.1, -0.05) is 68.4 Å². The molecule has 1 aliphatic rings. The van der Waals surface area contributed by atoms with Gasteiger partial charge in [0.1, 0.15) is 5.78 Å². The first-order valence-electron chi connectivity index (χ1n) is 9.14. The second kappa shape index (κ2) is 7.35. The molecule has 0 aromatic heterocycles. The van der Waals surface area contributed by atoms with Gasteiger partial charge in [0.2, 0.25) is 0 Å². The lowest BCUT2D eigenvalue weighted by atomic mass is 9.82. The maximum absolute atomic E-state index is 13.2. The number of rotatable bonds is 6. The molecule has 3 rings (SSSR count). The SMILES string of the molecule is CC(C)CC(=O)Cc1cccc(C2(c3ccccc3)N=C(N)N(C)C2=O)c1. The van der Waals surface area contributed by atoms with E-state index in [9.17, 15) is 9.59 Å². The first-order valence-corrected chi connectivity index (χ1v) is 9.14. The second-order valence-electron chi connectivity index (χ2n) is 7.42. The molecule has 5 nitrogen and oxygen atoms in total. The van der Waals surface area contributed by atoms with Crippen molar-refractivity contribution < 1.29 is 9.59 Å². The third-order valence-electron chi connectivity index (χ3n) is 4.81. The molecule has 2 N–H and O–H groups in total. The van der Waals surface area contributed by atoms with Crippen molar-refractivity contribution in [1.82, 2.24) is 4.90 Å². The van der Waals surface area contributed by atoms with Crippen molar-refractivity contribution in [3.63, 3.8) is 0 Å². The number of Topliss-reactive ketones (excluding diaryl/α,β-unsaturated/α-hetero) is 1. The zero-order valence-electron chi connectivity index (χ0n) is 16.0. The van der Waals surface area contributed by atoms with Crippen LogP contribution in [0, 0.1) is 5.92 Å². The van der Waals surface area contributed by atoms with Crippen LogP contribution in [0.5, 0.6) is 0 Å². The van der Waals surface area contributed by atoms with Gasteiger partial charge < -0.3 is 5.73 Å². The molecule has 0 saturated heterocycles. The van der Waals surface area contributed by atoms with Crippen LogP contribution in [0.3, 0.4) is 0 Å². The smallest absolute Gasteiger partial charge is 0.266 e. The van der Waals surface area contributed by atoms with E-state index in [0.717, 1.165) is 16.7 Å². The highest BCUT2D eigenvalue weighted by Gasteiger charge is 2.49. The highest BCUT2D eigenvalue weighted by atomic mass is 16.2. The highest BCUT2D eigenvalue weighted by molar-refractivity contribution is 6.08. The minimum atomic E-state index is -1.21. The van der Waals surface area contributed by atoms with Crippen molar-refractivity contribution in [3.05, 3.63) is 71.3 Å². The average Bonchev–Trinajstić information content (AvgIpc) is 2.87. The van der Waals surface area contributed by atoms with Crippen LogP contribution in [0.15, 0.2) is 59.6 Å². The van der Waals surface area contributed by atoms with E-state index >= 15 is 0 Å². The summed E-state index contributed by atoms with van der Waals surface area (Å²) in [6, 6.07) is 17.0.